The minimum atomic E-state index is 0.320. The van der Waals surface area contributed by atoms with E-state index >= 15 is 0 Å². The molecule has 0 bridgehead atoms. The van der Waals surface area contributed by atoms with E-state index in [2.05, 4.69) is 31.3 Å². The monoisotopic (exact) mass is 277 g/mol. The van der Waals surface area contributed by atoms with Crippen LogP contribution in [0.5, 0.6) is 11.5 Å². The first-order chi connectivity index (χ1) is 9.78. The van der Waals surface area contributed by atoms with Crippen molar-refractivity contribution in [2.45, 2.75) is 32.4 Å². The van der Waals surface area contributed by atoms with Gasteiger partial charge in [0.15, 0.2) is 11.5 Å². The van der Waals surface area contributed by atoms with Crippen molar-refractivity contribution in [2.75, 3.05) is 26.4 Å². The van der Waals surface area contributed by atoms with Crippen LogP contribution >= 0.6 is 0 Å². The molecule has 20 heavy (non-hydrogen) atoms. The zero-order chi connectivity index (χ0) is 13.9. The van der Waals surface area contributed by atoms with Crippen LogP contribution in [0.4, 0.5) is 0 Å². The van der Waals surface area contributed by atoms with E-state index in [1.165, 1.54) is 5.56 Å². The molecule has 0 saturated carbocycles. The van der Waals surface area contributed by atoms with Gasteiger partial charge < -0.3 is 19.5 Å². The molecule has 0 aliphatic carbocycles. The van der Waals surface area contributed by atoms with Crippen molar-refractivity contribution in [2.24, 2.45) is 5.92 Å². The topological polar surface area (TPSA) is 39.7 Å². The summed E-state index contributed by atoms with van der Waals surface area (Å²) in [5.74, 6) is 2.24. The summed E-state index contributed by atoms with van der Waals surface area (Å²) in [5.41, 5.74) is 1.26. The number of hydrogen-bond acceptors (Lipinski definition) is 4. The van der Waals surface area contributed by atoms with E-state index in [9.17, 15) is 0 Å². The Bertz CT molecular complexity index is 463. The third-order valence-electron chi connectivity index (χ3n) is 4.05. The first kappa shape index (κ1) is 13.7. The highest BCUT2D eigenvalue weighted by atomic mass is 16.6. The molecule has 4 nitrogen and oxygen atoms in total. The van der Waals surface area contributed by atoms with Gasteiger partial charge in [0, 0.05) is 12.0 Å². The zero-order valence-corrected chi connectivity index (χ0v) is 12.2. The molecule has 0 spiro atoms. The van der Waals surface area contributed by atoms with Crippen molar-refractivity contribution in [1.29, 1.82) is 0 Å². The van der Waals surface area contributed by atoms with Gasteiger partial charge in [0.2, 0.25) is 0 Å². The normalized spacial score (nSPS) is 26.5. The van der Waals surface area contributed by atoms with Crippen molar-refractivity contribution < 1.29 is 14.2 Å². The van der Waals surface area contributed by atoms with Gasteiger partial charge in [-0.25, -0.2) is 0 Å². The first-order valence-electron chi connectivity index (χ1n) is 7.52. The van der Waals surface area contributed by atoms with Gasteiger partial charge >= 0.3 is 0 Å². The molecular weight excluding hydrogens is 254 g/mol. The van der Waals surface area contributed by atoms with Crippen LogP contribution < -0.4 is 14.8 Å². The molecule has 0 aromatic heterocycles. The lowest BCUT2D eigenvalue weighted by Crippen LogP contribution is -2.29. The van der Waals surface area contributed by atoms with Crippen LogP contribution in [-0.2, 0) is 4.74 Å². The fraction of sp³-hybridized carbons (Fsp3) is 0.625. The van der Waals surface area contributed by atoms with Crippen LogP contribution in [0, 0.1) is 5.92 Å². The average molecular weight is 277 g/mol. The number of rotatable bonds is 4. The predicted molar refractivity (Wildman–Crippen MR) is 77.4 cm³/mol. The van der Waals surface area contributed by atoms with E-state index in [-0.39, 0.29) is 0 Å². The maximum Gasteiger partial charge on any atom is 0.161 e. The molecule has 3 atom stereocenters. The Balaban J connectivity index is 1.83. The zero-order valence-electron chi connectivity index (χ0n) is 12.2. The third kappa shape index (κ3) is 2.76. The van der Waals surface area contributed by atoms with Crippen LogP contribution in [0.1, 0.15) is 31.9 Å². The highest BCUT2D eigenvalue weighted by molar-refractivity contribution is 5.44. The van der Waals surface area contributed by atoms with Gasteiger partial charge in [0.1, 0.15) is 13.2 Å². The van der Waals surface area contributed by atoms with Gasteiger partial charge in [-0.2, -0.15) is 0 Å². The molecule has 1 aromatic carbocycles. The Labute approximate surface area is 120 Å². The third-order valence-corrected chi connectivity index (χ3v) is 4.05. The van der Waals surface area contributed by atoms with Gasteiger partial charge in [-0.15, -0.1) is 0 Å². The van der Waals surface area contributed by atoms with Gasteiger partial charge in [-0.1, -0.05) is 13.0 Å². The summed E-state index contributed by atoms with van der Waals surface area (Å²) in [7, 11) is 0. The van der Waals surface area contributed by atoms with Crippen LogP contribution in [-0.4, -0.2) is 32.5 Å². The lowest BCUT2D eigenvalue weighted by molar-refractivity contribution is 0.117. The number of fused-ring (bicyclic) bond motifs is 1. The minimum Gasteiger partial charge on any atom is -0.486 e. The molecule has 4 heteroatoms. The molecule has 3 unspecified atom stereocenters. The van der Waals surface area contributed by atoms with E-state index in [4.69, 9.17) is 14.2 Å². The quantitative estimate of drug-likeness (QED) is 0.918. The van der Waals surface area contributed by atoms with Crippen molar-refractivity contribution in [3.05, 3.63) is 23.8 Å². The van der Waals surface area contributed by atoms with Gasteiger partial charge in [0.05, 0.1) is 12.7 Å². The molecule has 0 amide bonds. The Hall–Kier alpha value is -1.26. The fourth-order valence-corrected chi connectivity index (χ4v) is 3.11. The Morgan fingerprint density at radius 2 is 2.05 bits per heavy atom. The predicted octanol–water partition coefficient (Wildman–Crippen LogP) is 2.53. The van der Waals surface area contributed by atoms with Crippen molar-refractivity contribution in [3.63, 3.8) is 0 Å². The molecule has 1 saturated heterocycles. The molecule has 2 aliphatic rings. The molecule has 1 aromatic rings. The fourth-order valence-electron chi connectivity index (χ4n) is 3.11. The average Bonchev–Trinajstić information content (AvgIpc) is 2.90. The van der Waals surface area contributed by atoms with Crippen LogP contribution in [0.15, 0.2) is 18.2 Å². The summed E-state index contributed by atoms with van der Waals surface area (Å²) in [6.45, 7) is 7.33. The van der Waals surface area contributed by atoms with Crippen molar-refractivity contribution in [3.8, 4) is 11.5 Å². The van der Waals surface area contributed by atoms with Crippen LogP contribution in [0.25, 0.3) is 0 Å². The summed E-state index contributed by atoms with van der Waals surface area (Å²) in [6, 6.07) is 6.60. The summed E-state index contributed by atoms with van der Waals surface area (Å²) in [6.07, 6.45) is 1.46. The molecule has 110 valence electrons. The van der Waals surface area contributed by atoms with Crippen LogP contribution in [0.3, 0.4) is 0 Å². The summed E-state index contributed by atoms with van der Waals surface area (Å²) < 4.78 is 17.0. The lowest BCUT2D eigenvalue weighted by atomic mass is 9.90. The van der Waals surface area contributed by atoms with Gasteiger partial charge in [-0.05, 0) is 37.6 Å². The van der Waals surface area contributed by atoms with E-state index in [0.717, 1.165) is 31.1 Å². The second-order valence-electron chi connectivity index (χ2n) is 5.58. The second-order valence-corrected chi connectivity index (χ2v) is 5.58. The molecule has 1 fully saturated rings. The molecule has 2 aliphatic heterocycles. The standard InChI is InChI=1S/C16H23NO3/c1-3-17-16(13-8-11(2)20-10-13)12-4-5-14-15(9-12)19-7-6-18-14/h4-5,9,11,13,16-17H,3,6-8,10H2,1-2H3. The molecule has 1 N–H and O–H groups in total. The summed E-state index contributed by atoms with van der Waals surface area (Å²) in [5, 5.41) is 3.59. The van der Waals surface area contributed by atoms with E-state index in [0.29, 0.717) is 31.3 Å². The van der Waals surface area contributed by atoms with Crippen molar-refractivity contribution >= 4 is 0 Å². The largest absolute Gasteiger partial charge is 0.486 e. The summed E-state index contributed by atoms with van der Waals surface area (Å²) in [4.78, 5) is 0. The van der Waals surface area contributed by atoms with Crippen LogP contribution in [0.2, 0.25) is 0 Å². The van der Waals surface area contributed by atoms with Crippen molar-refractivity contribution in [1.82, 2.24) is 5.32 Å². The SMILES string of the molecule is CCNC(c1ccc2c(c1)OCCO2)C1COC(C)C1. The molecular formula is C16H23NO3. The first-order valence-corrected chi connectivity index (χ1v) is 7.52. The van der Waals surface area contributed by atoms with E-state index in [1.54, 1.807) is 0 Å². The smallest absolute Gasteiger partial charge is 0.161 e. The second kappa shape index (κ2) is 6.02. The summed E-state index contributed by atoms with van der Waals surface area (Å²) >= 11 is 0. The number of ether oxygens (including phenoxy) is 3. The Morgan fingerprint density at radius 3 is 2.75 bits per heavy atom. The number of nitrogens with one attached hydrogen (secondary N) is 1. The highest BCUT2D eigenvalue weighted by Gasteiger charge is 2.30. The Morgan fingerprint density at radius 1 is 1.25 bits per heavy atom. The van der Waals surface area contributed by atoms with E-state index < -0.39 is 0 Å². The maximum atomic E-state index is 5.73. The minimum absolute atomic E-state index is 0.320. The Kier molecular flexibility index (Phi) is 4.13. The van der Waals surface area contributed by atoms with Gasteiger partial charge in [0.25, 0.3) is 0 Å². The molecule has 3 rings (SSSR count). The lowest BCUT2D eigenvalue weighted by Gasteiger charge is -2.26. The number of hydrogen-bond donors (Lipinski definition) is 1. The number of benzene rings is 1. The molecule has 0 radical (unpaired) electrons. The maximum absolute atomic E-state index is 5.73. The van der Waals surface area contributed by atoms with Gasteiger partial charge in [-0.3, -0.25) is 0 Å². The van der Waals surface area contributed by atoms with E-state index in [1.807, 2.05) is 6.07 Å². The highest BCUT2D eigenvalue weighted by Crippen LogP contribution is 2.37. The molecule has 2 heterocycles.